The van der Waals surface area contributed by atoms with Gasteiger partial charge in [-0.05, 0) is 74.3 Å². The second kappa shape index (κ2) is 33.0. The SMILES string of the molecule is Cc1cc2c(CNC(=O)[C@@H](C)OCNC(=O)CNC(=O)[C@H](Cc3ccccc3)NC(=O)CNC(=O)CNC(=O)CC[C@H](NC(=O)CCCCCN3C(=O)C=CC3=O)C(=O)N(C)C[C@H](O)[C@@H](O)[C@H](O)[C@H](O)CO)c3c(nc2cc1F)-c1cc2c(c(=O)n1C3)COC(=O)[C@]2(O)CC1CC1. The van der Waals surface area contributed by atoms with Crippen LogP contribution in [-0.2, 0) is 93.9 Å². The third-order valence-electron chi connectivity index (χ3n) is 17.2. The minimum Gasteiger partial charge on any atom is -0.458 e. The third-order valence-corrected chi connectivity index (χ3v) is 17.2. The number of nitrogens with one attached hydrogen (secondary N) is 7. The van der Waals surface area contributed by atoms with E-state index in [1.165, 1.54) is 24.6 Å². The highest BCUT2D eigenvalue weighted by molar-refractivity contribution is 6.12. The highest BCUT2D eigenvalue weighted by Gasteiger charge is 2.50. The van der Waals surface area contributed by atoms with E-state index >= 15 is 4.39 Å². The normalized spacial score (nSPS) is 17.5. The molecule has 4 aromatic rings. The maximum Gasteiger partial charge on any atom is 0.343 e. The Morgan fingerprint density at radius 2 is 1.43 bits per heavy atom. The van der Waals surface area contributed by atoms with Crippen LogP contribution in [0.15, 0.2) is 65.5 Å². The highest BCUT2D eigenvalue weighted by Crippen LogP contribution is 2.46. The molecule has 2 aromatic carbocycles. The van der Waals surface area contributed by atoms with E-state index in [9.17, 15) is 83.1 Å². The van der Waals surface area contributed by atoms with Crippen LogP contribution in [0.4, 0.5) is 4.39 Å². The number of nitrogens with zero attached hydrogens (tertiary/aromatic N) is 4. The number of hydrogen-bond donors (Lipinski definition) is 13. The summed E-state index contributed by atoms with van der Waals surface area (Å²) in [7, 11) is 1.19. The number of imide groups is 1. The zero-order valence-electron chi connectivity index (χ0n) is 53.6. The summed E-state index contributed by atoms with van der Waals surface area (Å²) in [5.41, 5.74) is 0.525. The molecule has 8 atom stereocenters. The number of hydrogen-bond acceptors (Lipinski definition) is 21. The van der Waals surface area contributed by atoms with Crippen LogP contribution >= 0.6 is 0 Å². The second-order valence-electron chi connectivity index (χ2n) is 24.4. The average Bonchev–Trinajstić information content (AvgIpc) is 1.62. The van der Waals surface area contributed by atoms with Crippen molar-refractivity contribution < 1.29 is 97.2 Å². The Hall–Kier alpha value is -9.44. The van der Waals surface area contributed by atoms with Gasteiger partial charge in [-0.2, -0.15) is 0 Å². The number of likely N-dealkylation sites (N-methyl/N-ethyl adjacent to an activating group) is 1. The van der Waals surface area contributed by atoms with Crippen molar-refractivity contribution in [3.8, 4) is 11.4 Å². The molecule has 0 spiro atoms. The van der Waals surface area contributed by atoms with Gasteiger partial charge in [-0.1, -0.05) is 49.6 Å². The van der Waals surface area contributed by atoms with Gasteiger partial charge in [-0.3, -0.25) is 57.6 Å². The molecule has 1 aliphatic carbocycles. The largest absolute Gasteiger partial charge is 0.458 e. The number of carbonyl (C=O) groups is 11. The molecule has 0 radical (unpaired) electrons. The van der Waals surface area contributed by atoms with Gasteiger partial charge in [0.2, 0.25) is 47.3 Å². The number of aliphatic hydroxyl groups excluding tert-OH is 5. The summed E-state index contributed by atoms with van der Waals surface area (Å²) in [5, 5.41) is 79.4. The first-order chi connectivity index (χ1) is 46.2. The van der Waals surface area contributed by atoms with Gasteiger partial charge in [-0.25, -0.2) is 14.2 Å². The zero-order chi connectivity index (χ0) is 70.4. The first kappa shape index (κ1) is 73.4. The van der Waals surface area contributed by atoms with Crippen molar-refractivity contribution in [2.45, 2.75) is 146 Å². The van der Waals surface area contributed by atoms with E-state index in [0.29, 0.717) is 51.9 Å². The molecule has 5 heterocycles. The summed E-state index contributed by atoms with van der Waals surface area (Å²) in [4.78, 5) is 164. The number of aryl methyl sites for hydroxylation is 1. The number of aliphatic hydroxyl groups is 6. The molecule has 10 amide bonds. The lowest BCUT2D eigenvalue weighted by Crippen LogP contribution is -2.53. The van der Waals surface area contributed by atoms with Crippen LogP contribution in [0, 0.1) is 18.7 Å². The Balaban J connectivity index is 0.790. The van der Waals surface area contributed by atoms with E-state index in [1.54, 1.807) is 49.4 Å². The molecular weight excluding hydrogens is 1270 g/mol. The number of amides is 10. The fraction of sp³-hybridized carbons (Fsp3) is 0.492. The summed E-state index contributed by atoms with van der Waals surface area (Å²) in [6.07, 6.45) is -4.78. The van der Waals surface area contributed by atoms with E-state index in [0.717, 1.165) is 34.8 Å². The second-order valence-corrected chi connectivity index (χ2v) is 24.4. The van der Waals surface area contributed by atoms with Gasteiger partial charge < -0.3 is 86.8 Å². The minimum absolute atomic E-state index is 0.000254. The fourth-order valence-electron chi connectivity index (χ4n) is 11.4. The first-order valence-corrected chi connectivity index (χ1v) is 31.7. The number of esters is 1. The van der Waals surface area contributed by atoms with Crippen LogP contribution in [0.5, 0.6) is 0 Å². The monoisotopic (exact) mass is 1350 g/mol. The molecule has 31 nitrogen and oxygen atoms in total. The minimum atomic E-state index is -2.05. The van der Waals surface area contributed by atoms with Crippen LogP contribution < -0.4 is 42.8 Å². The summed E-state index contributed by atoms with van der Waals surface area (Å²) < 4.78 is 27.5. The van der Waals surface area contributed by atoms with Crippen molar-refractivity contribution in [1.82, 2.24) is 56.6 Å². The molecule has 13 N–H and O–H groups in total. The maximum atomic E-state index is 15.1. The number of rotatable bonds is 35. The van der Waals surface area contributed by atoms with Crippen LogP contribution in [0.2, 0.25) is 0 Å². The van der Waals surface area contributed by atoms with E-state index in [1.807, 2.05) is 0 Å². The van der Waals surface area contributed by atoms with E-state index < -0.39 is 171 Å². The van der Waals surface area contributed by atoms with Gasteiger partial charge in [0.05, 0.1) is 55.3 Å². The topological polar surface area (TPSA) is 453 Å². The molecule has 32 heteroatoms. The molecule has 0 unspecified atom stereocenters. The zero-order valence-corrected chi connectivity index (χ0v) is 53.6. The molecule has 97 heavy (non-hydrogen) atoms. The molecule has 8 rings (SSSR count). The standard InChI is InChI=1S/C65H80FN11O20/c1-34-20-38-39(40-29-77-47(57(40)74-45(38)23-43(34)66)22-42-41(62(77)92)32-96-64(94)65(42,95)24-37-13-14-37)25-69-60(90)35(2)97-33-71-53(84)27-70-61(91)46(21-36-10-6-4-7-11-36)73-54(85)28-68-52(83)26-67-50(81)16-15-44(63(93)75(3)30-48(79)58(88)59(89)49(80)31-78)72-51(82)12-8-5-9-19-76-55(86)17-18-56(76)87/h4,6-7,10-11,17-18,20,22-23,35,37,44,46,48-49,58-59,78-80,88-89,95H,5,8-9,12-16,19,21,24-33H2,1-3H3,(H,67,81)(H,68,83)(H,69,90)(H,70,91)(H,71,84)(H,72,82)(H,73,85)/t35-,44+,46+,48+,49-,58-,59-,65+/m1/s1. The van der Waals surface area contributed by atoms with Crippen molar-refractivity contribution in [3.05, 3.63) is 110 Å². The van der Waals surface area contributed by atoms with Gasteiger partial charge in [0.1, 0.15) is 61.8 Å². The van der Waals surface area contributed by atoms with Gasteiger partial charge in [0.15, 0.2) is 5.60 Å². The van der Waals surface area contributed by atoms with Crippen molar-refractivity contribution in [3.63, 3.8) is 0 Å². The summed E-state index contributed by atoms with van der Waals surface area (Å²) >= 11 is 0. The quantitative estimate of drug-likeness (QED) is 0.00819. The number of fused-ring (bicyclic) bond motifs is 5. The van der Waals surface area contributed by atoms with Crippen molar-refractivity contribution in [2.24, 2.45) is 5.92 Å². The smallest absolute Gasteiger partial charge is 0.343 e. The summed E-state index contributed by atoms with van der Waals surface area (Å²) in [5.74, 6) is -8.35. The van der Waals surface area contributed by atoms with Crippen LogP contribution in [-0.4, -0.2) is 211 Å². The number of cyclic esters (lactones) is 1. The molecule has 2 aromatic heterocycles. The van der Waals surface area contributed by atoms with Crippen LogP contribution in [0.3, 0.4) is 0 Å². The van der Waals surface area contributed by atoms with Crippen LogP contribution in [0.1, 0.15) is 98.1 Å². The molecule has 0 bridgehead atoms. The summed E-state index contributed by atoms with van der Waals surface area (Å²) in [6.45, 7) is -1.41. The van der Waals surface area contributed by atoms with Crippen molar-refractivity contribution >= 4 is 75.9 Å². The van der Waals surface area contributed by atoms with E-state index in [4.69, 9.17) is 19.6 Å². The first-order valence-electron chi connectivity index (χ1n) is 31.7. The molecular formula is C65H80FN11O20. The van der Waals surface area contributed by atoms with Crippen molar-refractivity contribution in [1.29, 1.82) is 0 Å². The van der Waals surface area contributed by atoms with Gasteiger partial charge in [0, 0.05) is 80.7 Å². The molecule has 3 aliphatic heterocycles. The Morgan fingerprint density at radius 1 is 0.773 bits per heavy atom. The van der Waals surface area contributed by atoms with Crippen LogP contribution in [0.25, 0.3) is 22.3 Å². The predicted octanol–water partition coefficient (Wildman–Crippen LogP) is -3.27. The van der Waals surface area contributed by atoms with Gasteiger partial charge in [0.25, 0.3) is 17.4 Å². The third kappa shape index (κ3) is 18.8. The lowest BCUT2D eigenvalue weighted by atomic mass is 9.84. The van der Waals surface area contributed by atoms with E-state index in [-0.39, 0.29) is 80.9 Å². The lowest BCUT2D eigenvalue weighted by Gasteiger charge is -2.32. The molecule has 1 fully saturated rings. The Kier molecular flexibility index (Phi) is 25.0. The Morgan fingerprint density at radius 3 is 2.13 bits per heavy atom. The van der Waals surface area contributed by atoms with Crippen molar-refractivity contribution in [2.75, 3.05) is 53.1 Å². The number of carbonyl (C=O) groups excluding carboxylic acids is 11. The number of ether oxygens (including phenoxy) is 2. The lowest BCUT2D eigenvalue weighted by molar-refractivity contribution is -0.173. The van der Waals surface area contributed by atoms with Gasteiger partial charge >= 0.3 is 5.97 Å². The predicted molar refractivity (Wildman–Crippen MR) is 337 cm³/mol. The Labute approximate surface area is 554 Å². The molecule has 4 aliphatic rings. The number of halogens is 1. The number of unbranched alkanes of at least 4 members (excludes halogenated alkanes) is 2. The average molecular weight is 1350 g/mol. The fourth-order valence-corrected chi connectivity index (χ4v) is 11.4. The molecule has 1 saturated carbocycles. The maximum absolute atomic E-state index is 15.1. The van der Waals surface area contributed by atoms with E-state index in [2.05, 4.69) is 37.2 Å². The number of aromatic nitrogens is 2. The number of benzene rings is 2. The summed E-state index contributed by atoms with van der Waals surface area (Å²) in [6, 6.07) is 10.2. The highest BCUT2D eigenvalue weighted by atomic mass is 19.1. The molecule has 0 saturated heterocycles. The van der Waals surface area contributed by atoms with Gasteiger partial charge in [-0.15, -0.1) is 0 Å². The Bertz CT molecular complexity index is 3750. The number of pyridine rings is 2. The molecule has 522 valence electrons.